The van der Waals surface area contributed by atoms with Crippen LogP contribution in [-0.4, -0.2) is 26.8 Å². The zero-order valence-electron chi connectivity index (χ0n) is 11.6. The Balaban J connectivity index is 2.00. The molecule has 0 bridgehead atoms. The Kier molecular flexibility index (Phi) is 3.62. The number of rotatable bonds is 4. The molecule has 0 radical (unpaired) electrons. The summed E-state index contributed by atoms with van der Waals surface area (Å²) in [5, 5.41) is 4.48. The molecular formula is C14H13ClN4O2. The Morgan fingerprint density at radius 3 is 2.95 bits per heavy atom. The molecule has 0 spiro atoms. The van der Waals surface area contributed by atoms with E-state index in [0.717, 1.165) is 5.69 Å². The third-order valence-electron chi connectivity index (χ3n) is 3.01. The third kappa shape index (κ3) is 2.62. The smallest absolute Gasteiger partial charge is 0.278 e. The maximum absolute atomic E-state index is 6.04. The van der Waals surface area contributed by atoms with Crippen molar-refractivity contribution in [3.05, 3.63) is 41.6 Å². The standard InChI is InChI=1S/C14H13ClN4O2/c1-3-13-17-14(21-18-13)10-7-19(8-16-10)11-6-9(15)4-5-12(11)20-2/h4-8H,3H2,1-2H3. The second kappa shape index (κ2) is 5.57. The second-order valence-electron chi connectivity index (χ2n) is 4.35. The first-order valence-corrected chi connectivity index (χ1v) is 6.80. The van der Waals surface area contributed by atoms with Gasteiger partial charge in [0.05, 0.1) is 12.8 Å². The molecule has 1 aromatic carbocycles. The second-order valence-corrected chi connectivity index (χ2v) is 4.79. The number of aryl methyl sites for hydroxylation is 1. The van der Waals surface area contributed by atoms with Gasteiger partial charge in [0.25, 0.3) is 5.89 Å². The van der Waals surface area contributed by atoms with Crippen molar-refractivity contribution in [1.82, 2.24) is 19.7 Å². The van der Waals surface area contributed by atoms with E-state index in [1.165, 1.54) is 0 Å². The zero-order chi connectivity index (χ0) is 14.8. The summed E-state index contributed by atoms with van der Waals surface area (Å²) < 4.78 is 12.3. The van der Waals surface area contributed by atoms with E-state index in [2.05, 4.69) is 15.1 Å². The molecule has 7 heteroatoms. The van der Waals surface area contributed by atoms with Crippen LogP contribution >= 0.6 is 11.6 Å². The van der Waals surface area contributed by atoms with Crippen molar-refractivity contribution in [2.45, 2.75) is 13.3 Å². The molecule has 0 saturated carbocycles. The van der Waals surface area contributed by atoms with Gasteiger partial charge in [-0.15, -0.1) is 0 Å². The van der Waals surface area contributed by atoms with Gasteiger partial charge >= 0.3 is 0 Å². The van der Waals surface area contributed by atoms with Crippen LogP contribution < -0.4 is 4.74 Å². The maximum atomic E-state index is 6.04. The predicted octanol–water partition coefficient (Wildman–Crippen LogP) is 3.15. The molecule has 0 aliphatic carbocycles. The van der Waals surface area contributed by atoms with Crippen LogP contribution in [0.3, 0.4) is 0 Å². The lowest BCUT2D eigenvalue weighted by Crippen LogP contribution is -1.95. The Hall–Kier alpha value is -2.34. The first kappa shape index (κ1) is 13.6. The van der Waals surface area contributed by atoms with E-state index in [1.807, 2.05) is 6.92 Å². The van der Waals surface area contributed by atoms with Crippen LogP contribution in [0.1, 0.15) is 12.7 Å². The number of hydrogen-bond donors (Lipinski definition) is 0. The molecule has 108 valence electrons. The fourth-order valence-corrected chi connectivity index (χ4v) is 2.10. The van der Waals surface area contributed by atoms with Gasteiger partial charge < -0.3 is 13.8 Å². The van der Waals surface area contributed by atoms with Crippen LogP contribution in [0.5, 0.6) is 5.75 Å². The van der Waals surface area contributed by atoms with Crippen molar-refractivity contribution in [2.75, 3.05) is 7.11 Å². The Morgan fingerprint density at radius 2 is 2.24 bits per heavy atom. The monoisotopic (exact) mass is 304 g/mol. The molecular weight excluding hydrogens is 292 g/mol. The number of imidazole rings is 1. The van der Waals surface area contributed by atoms with Crippen molar-refractivity contribution >= 4 is 11.6 Å². The van der Waals surface area contributed by atoms with Crippen molar-refractivity contribution in [3.63, 3.8) is 0 Å². The van der Waals surface area contributed by atoms with E-state index in [9.17, 15) is 0 Å². The fraction of sp³-hybridized carbons (Fsp3) is 0.214. The molecule has 0 fully saturated rings. The molecule has 0 amide bonds. The quantitative estimate of drug-likeness (QED) is 0.741. The summed E-state index contributed by atoms with van der Waals surface area (Å²) in [6, 6.07) is 5.38. The van der Waals surface area contributed by atoms with Crippen LogP contribution in [-0.2, 0) is 6.42 Å². The Morgan fingerprint density at radius 1 is 1.38 bits per heavy atom. The van der Waals surface area contributed by atoms with Gasteiger partial charge in [-0.3, -0.25) is 0 Å². The molecule has 0 saturated heterocycles. The number of halogens is 1. The van der Waals surface area contributed by atoms with Crippen molar-refractivity contribution in [3.8, 4) is 23.0 Å². The minimum Gasteiger partial charge on any atom is -0.495 e. The Bertz CT molecular complexity index is 766. The van der Waals surface area contributed by atoms with E-state index >= 15 is 0 Å². The number of benzene rings is 1. The zero-order valence-corrected chi connectivity index (χ0v) is 12.3. The van der Waals surface area contributed by atoms with Gasteiger partial charge in [0.1, 0.15) is 17.8 Å². The molecule has 0 aliphatic rings. The summed E-state index contributed by atoms with van der Waals surface area (Å²) in [6.07, 6.45) is 4.16. The lowest BCUT2D eigenvalue weighted by molar-refractivity contribution is 0.413. The van der Waals surface area contributed by atoms with E-state index in [1.54, 1.807) is 42.4 Å². The molecule has 6 nitrogen and oxygen atoms in total. The summed E-state index contributed by atoms with van der Waals surface area (Å²) in [5.41, 5.74) is 1.39. The van der Waals surface area contributed by atoms with E-state index in [0.29, 0.717) is 34.6 Å². The lowest BCUT2D eigenvalue weighted by atomic mass is 10.3. The number of ether oxygens (including phenoxy) is 1. The summed E-state index contributed by atoms with van der Waals surface area (Å²) in [7, 11) is 1.61. The van der Waals surface area contributed by atoms with Gasteiger partial charge in [-0.2, -0.15) is 4.98 Å². The van der Waals surface area contributed by atoms with Crippen molar-refractivity contribution in [1.29, 1.82) is 0 Å². The first-order valence-electron chi connectivity index (χ1n) is 6.42. The fourth-order valence-electron chi connectivity index (χ4n) is 1.93. The van der Waals surface area contributed by atoms with Gasteiger partial charge in [-0.1, -0.05) is 23.7 Å². The van der Waals surface area contributed by atoms with Gasteiger partial charge in [0, 0.05) is 17.6 Å². The number of nitrogens with zero attached hydrogens (tertiary/aromatic N) is 4. The molecule has 3 aromatic rings. The highest BCUT2D eigenvalue weighted by Gasteiger charge is 2.13. The van der Waals surface area contributed by atoms with Gasteiger partial charge in [-0.25, -0.2) is 4.98 Å². The summed E-state index contributed by atoms with van der Waals surface area (Å²) >= 11 is 6.04. The lowest BCUT2D eigenvalue weighted by Gasteiger charge is -2.08. The van der Waals surface area contributed by atoms with Crippen LogP contribution in [0.2, 0.25) is 5.02 Å². The molecule has 3 rings (SSSR count). The summed E-state index contributed by atoms with van der Waals surface area (Å²) in [6.45, 7) is 1.96. The highest BCUT2D eigenvalue weighted by molar-refractivity contribution is 6.30. The largest absolute Gasteiger partial charge is 0.495 e. The molecule has 21 heavy (non-hydrogen) atoms. The van der Waals surface area contributed by atoms with Gasteiger partial charge in [-0.05, 0) is 18.2 Å². The van der Waals surface area contributed by atoms with E-state index in [-0.39, 0.29) is 0 Å². The van der Waals surface area contributed by atoms with Gasteiger partial charge in [0.2, 0.25) is 0 Å². The first-order chi connectivity index (χ1) is 10.2. The number of hydrogen-bond acceptors (Lipinski definition) is 5. The third-order valence-corrected chi connectivity index (χ3v) is 3.24. The highest BCUT2D eigenvalue weighted by Crippen LogP contribution is 2.27. The minimum atomic E-state index is 0.395. The average Bonchev–Trinajstić information content (AvgIpc) is 3.16. The topological polar surface area (TPSA) is 66.0 Å². The molecule has 0 N–H and O–H groups in total. The SMILES string of the molecule is CCc1noc(-c2cn(-c3cc(Cl)ccc3OC)cn2)n1. The molecule has 0 unspecified atom stereocenters. The van der Waals surface area contributed by atoms with Crippen molar-refractivity contribution in [2.24, 2.45) is 0 Å². The molecule has 0 atom stereocenters. The highest BCUT2D eigenvalue weighted by atomic mass is 35.5. The van der Waals surface area contributed by atoms with Gasteiger partial charge in [0.15, 0.2) is 5.82 Å². The average molecular weight is 305 g/mol. The predicted molar refractivity (Wildman–Crippen MR) is 77.8 cm³/mol. The number of methoxy groups -OCH3 is 1. The molecule has 2 heterocycles. The van der Waals surface area contributed by atoms with Crippen LogP contribution in [0.4, 0.5) is 0 Å². The van der Waals surface area contributed by atoms with Crippen LogP contribution in [0.25, 0.3) is 17.3 Å². The van der Waals surface area contributed by atoms with Crippen LogP contribution in [0.15, 0.2) is 35.2 Å². The minimum absolute atomic E-state index is 0.395. The van der Waals surface area contributed by atoms with E-state index < -0.39 is 0 Å². The van der Waals surface area contributed by atoms with Crippen molar-refractivity contribution < 1.29 is 9.26 Å². The molecule has 0 aliphatic heterocycles. The number of aromatic nitrogens is 4. The molecule has 2 aromatic heterocycles. The summed E-state index contributed by atoms with van der Waals surface area (Å²) in [4.78, 5) is 8.54. The Labute approximate surface area is 126 Å². The maximum Gasteiger partial charge on any atom is 0.278 e. The van der Waals surface area contributed by atoms with E-state index in [4.69, 9.17) is 20.9 Å². The van der Waals surface area contributed by atoms with Crippen LogP contribution in [0, 0.1) is 0 Å². The normalized spacial score (nSPS) is 10.8. The summed E-state index contributed by atoms with van der Waals surface area (Å²) in [5.74, 6) is 1.75.